The molecule has 1 aromatic carbocycles. The highest BCUT2D eigenvalue weighted by atomic mass is 19.1. The van der Waals surface area contributed by atoms with Gasteiger partial charge in [0.15, 0.2) is 6.17 Å². The second kappa shape index (κ2) is 22.0. The lowest BCUT2D eigenvalue weighted by Gasteiger charge is -2.30. The molecule has 3 aliphatic rings. The second-order valence-corrected chi connectivity index (χ2v) is 13.9. The van der Waals surface area contributed by atoms with Crippen LogP contribution in [0.3, 0.4) is 0 Å². The molecule has 1 amide bonds. The maximum atomic E-state index is 14.6. The van der Waals surface area contributed by atoms with Crippen LogP contribution in [0.15, 0.2) is 78.4 Å². The fourth-order valence-corrected chi connectivity index (χ4v) is 6.45. The van der Waals surface area contributed by atoms with Crippen LogP contribution >= 0.6 is 0 Å². The number of allylic oxidation sites excluding steroid dienone is 2. The molecule has 1 aromatic heterocycles. The van der Waals surface area contributed by atoms with Crippen LogP contribution in [-0.2, 0) is 11.2 Å². The Morgan fingerprint density at radius 1 is 1.08 bits per heavy atom. The molecule has 2 aromatic rings. The van der Waals surface area contributed by atoms with Crippen LogP contribution in [0, 0.1) is 17.1 Å². The van der Waals surface area contributed by atoms with Crippen LogP contribution in [0.1, 0.15) is 94.7 Å². The quantitative estimate of drug-likeness (QED) is 0.111. The number of amides is 1. The van der Waals surface area contributed by atoms with Crippen molar-refractivity contribution < 1.29 is 9.18 Å². The number of rotatable bonds is 13. The van der Waals surface area contributed by atoms with Gasteiger partial charge in [0.25, 0.3) is 5.91 Å². The van der Waals surface area contributed by atoms with Gasteiger partial charge in [0, 0.05) is 68.8 Å². The normalized spacial score (nSPS) is 19.5. The van der Waals surface area contributed by atoms with Gasteiger partial charge in [-0.1, -0.05) is 61.3 Å². The van der Waals surface area contributed by atoms with E-state index in [4.69, 9.17) is 5.41 Å². The zero-order valence-electron chi connectivity index (χ0n) is 31.1. The van der Waals surface area contributed by atoms with Crippen molar-refractivity contribution in [3.63, 3.8) is 0 Å². The van der Waals surface area contributed by atoms with E-state index >= 15 is 0 Å². The summed E-state index contributed by atoms with van der Waals surface area (Å²) in [6, 6.07) is 8.92. The van der Waals surface area contributed by atoms with Crippen LogP contribution in [0.2, 0.25) is 0 Å². The molecule has 2 heterocycles. The van der Waals surface area contributed by atoms with E-state index in [1.165, 1.54) is 41.2 Å². The summed E-state index contributed by atoms with van der Waals surface area (Å²) in [6.45, 7) is 7.75. The summed E-state index contributed by atoms with van der Waals surface area (Å²) in [5, 5.41) is 21.5. The third-order valence-corrected chi connectivity index (χ3v) is 9.75. The number of hydrogen-bond donors (Lipinski definition) is 5. The van der Waals surface area contributed by atoms with E-state index in [0.29, 0.717) is 17.8 Å². The van der Waals surface area contributed by atoms with Crippen molar-refractivity contribution in [2.75, 3.05) is 39.8 Å². The molecule has 5 rings (SSSR count). The van der Waals surface area contributed by atoms with Gasteiger partial charge < -0.3 is 26.3 Å². The van der Waals surface area contributed by atoms with Crippen molar-refractivity contribution in [3.8, 4) is 0 Å². The number of pyridine rings is 1. The Labute approximate surface area is 305 Å². The van der Waals surface area contributed by atoms with E-state index < -0.39 is 6.17 Å². The third kappa shape index (κ3) is 13.2. The zero-order chi connectivity index (χ0) is 36.3. The molecule has 9 heteroatoms. The minimum Gasteiger partial charge on any atom is -0.390 e. The Morgan fingerprint density at radius 3 is 2.61 bits per heavy atom. The van der Waals surface area contributed by atoms with E-state index in [9.17, 15) is 9.18 Å². The molecule has 0 bridgehead atoms. The monoisotopic (exact) mass is 697 g/mol. The molecule has 0 saturated heterocycles. The first-order chi connectivity index (χ1) is 24.9. The van der Waals surface area contributed by atoms with E-state index in [1.54, 1.807) is 24.4 Å². The first-order valence-corrected chi connectivity index (χ1v) is 19.0. The molecule has 2 fully saturated rings. The van der Waals surface area contributed by atoms with Gasteiger partial charge in [-0.25, -0.2) is 4.39 Å². The molecular weight excluding hydrogens is 638 g/mol. The zero-order valence-corrected chi connectivity index (χ0v) is 31.1. The number of aryl methyl sites for hydroxylation is 1. The smallest absolute Gasteiger partial charge is 0.260 e. The highest BCUT2D eigenvalue weighted by molar-refractivity contribution is 6.00. The van der Waals surface area contributed by atoms with Gasteiger partial charge >= 0.3 is 0 Å². The number of halogens is 1. The van der Waals surface area contributed by atoms with Crippen molar-refractivity contribution >= 4 is 23.3 Å². The molecule has 2 aliphatic carbocycles. The number of carbonyl (C=O) groups is 1. The maximum Gasteiger partial charge on any atom is 0.260 e. The number of nitrogens with one attached hydrogen (secondary N) is 5. The van der Waals surface area contributed by atoms with Gasteiger partial charge in [-0.2, -0.15) is 0 Å². The largest absolute Gasteiger partial charge is 0.390 e. The van der Waals surface area contributed by atoms with Crippen LogP contribution in [0.5, 0.6) is 0 Å². The molecule has 0 spiro atoms. The third-order valence-electron chi connectivity index (χ3n) is 9.75. The summed E-state index contributed by atoms with van der Waals surface area (Å²) in [5.41, 5.74) is 7.24. The van der Waals surface area contributed by atoms with E-state index in [0.717, 1.165) is 83.0 Å². The van der Waals surface area contributed by atoms with Crippen LogP contribution in [-0.4, -0.2) is 67.4 Å². The van der Waals surface area contributed by atoms with Gasteiger partial charge in [-0.05, 0) is 113 Å². The molecule has 1 atom stereocenters. The molecule has 1 aliphatic heterocycles. The fourth-order valence-electron chi connectivity index (χ4n) is 6.45. The Balaban J connectivity index is 0.000000326. The van der Waals surface area contributed by atoms with Crippen molar-refractivity contribution in [3.05, 3.63) is 101 Å². The highest BCUT2D eigenvalue weighted by Gasteiger charge is 2.26. The lowest BCUT2D eigenvalue weighted by atomic mass is 9.76. The predicted octanol–water partition coefficient (Wildman–Crippen LogP) is 7.37. The molecule has 51 heavy (non-hydrogen) atoms. The maximum absolute atomic E-state index is 14.6. The molecule has 276 valence electrons. The Kier molecular flexibility index (Phi) is 17.1. The Morgan fingerprint density at radius 2 is 1.90 bits per heavy atom. The topological polar surface area (TPSA) is 105 Å². The summed E-state index contributed by atoms with van der Waals surface area (Å²) in [7, 11) is 1.97. The van der Waals surface area contributed by atoms with E-state index in [-0.39, 0.29) is 24.2 Å². The van der Waals surface area contributed by atoms with Crippen molar-refractivity contribution in [2.24, 2.45) is 5.92 Å². The molecule has 8 nitrogen and oxygen atoms in total. The lowest BCUT2D eigenvalue weighted by molar-refractivity contribution is -0.133. The number of likely N-dealkylation sites (N-methyl/N-ethyl adjacent to an activating group) is 1. The number of carbonyl (C=O) groups excluding carboxylic acids is 1. The van der Waals surface area contributed by atoms with E-state index in [1.807, 2.05) is 36.6 Å². The SMILES string of the molecule is CCCc1ccncc1/C=C(\C)CNC.N=C(/C=C(/c1ccccc1F)C1CCC1)CNC1N/C=C/NCCCCCN(CC=C2CCC2)C1=O. The predicted molar refractivity (Wildman–Crippen MR) is 210 cm³/mol. The standard InChI is InChI=1S/C29H40FN5O.C13H20N2/c30-27-13-3-2-12-25(27)26(23-10-7-11-23)20-24(31)21-34-28-29(36)35(19-14-22-8-6-9-22)18-5-1-4-15-32-16-17-33-28;1-4-5-12-6-7-15-10-13(12)8-11(2)9-14-3/h2-3,12-14,16-17,20,23,28,31-34H,1,4-11,15,18-19,21H2;6-8,10,14H,4-5,9H2,1-3H3/b17-16+,26-20+,31-24?;11-8+. The molecule has 0 radical (unpaired) electrons. The first-order valence-electron chi connectivity index (χ1n) is 19.0. The molecular formula is C42H60FN7O. The molecule has 1 unspecified atom stereocenters. The second-order valence-electron chi connectivity index (χ2n) is 13.9. The average molecular weight is 698 g/mol. The molecule has 5 N–H and O–H groups in total. The van der Waals surface area contributed by atoms with Gasteiger partial charge in [-0.3, -0.25) is 15.1 Å². The number of nitrogens with zero attached hydrogens (tertiary/aromatic N) is 2. The van der Waals surface area contributed by atoms with Crippen LogP contribution < -0.4 is 21.3 Å². The van der Waals surface area contributed by atoms with Crippen molar-refractivity contribution in [2.45, 2.75) is 90.6 Å². The van der Waals surface area contributed by atoms with Crippen LogP contribution in [0.4, 0.5) is 4.39 Å². The van der Waals surface area contributed by atoms with Crippen molar-refractivity contribution in [1.82, 2.24) is 31.2 Å². The lowest BCUT2D eigenvalue weighted by Crippen LogP contribution is -2.54. The minimum absolute atomic E-state index is 0.0125. The Hall–Kier alpha value is -4.08. The first kappa shape index (κ1) is 39.7. The number of benzene rings is 1. The van der Waals surface area contributed by atoms with Crippen molar-refractivity contribution in [1.29, 1.82) is 5.41 Å². The van der Waals surface area contributed by atoms with Gasteiger partial charge in [0.2, 0.25) is 0 Å². The fraction of sp³-hybridized carbons (Fsp3) is 0.500. The number of hydrogen-bond acceptors (Lipinski definition) is 7. The summed E-state index contributed by atoms with van der Waals surface area (Å²) in [5.74, 6) is 0.0234. The average Bonchev–Trinajstić information content (AvgIpc) is 3.07. The van der Waals surface area contributed by atoms with Crippen LogP contribution in [0.25, 0.3) is 11.6 Å². The Bertz CT molecular complexity index is 1520. The highest BCUT2D eigenvalue weighted by Crippen LogP contribution is 2.39. The summed E-state index contributed by atoms with van der Waals surface area (Å²) in [4.78, 5) is 19.6. The molecule has 2 saturated carbocycles. The number of aromatic nitrogens is 1. The minimum atomic E-state index is -0.642. The summed E-state index contributed by atoms with van der Waals surface area (Å²) >= 11 is 0. The van der Waals surface area contributed by atoms with Gasteiger partial charge in [0.1, 0.15) is 5.82 Å². The van der Waals surface area contributed by atoms with Gasteiger partial charge in [0.05, 0.1) is 0 Å². The summed E-state index contributed by atoms with van der Waals surface area (Å²) in [6.07, 6.45) is 25.1. The van der Waals surface area contributed by atoms with Gasteiger partial charge in [-0.15, -0.1) is 0 Å². The van der Waals surface area contributed by atoms with E-state index in [2.05, 4.69) is 58.3 Å². The summed E-state index contributed by atoms with van der Waals surface area (Å²) < 4.78 is 14.6.